The zero-order chi connectivity index (χ0) is 10.8. The van der Waals surface area contributed by atoms with Crippen LogP contribution >= 0.6 is 0 Å². The van der Waals surface area contributed by atoms with Gasteiger partial charge in [0.2, 0.25) is 0 Å². The van der Waals surface area contributed by atoms with Gasteiger partial charge in [-0.15, -0.1) is 0 Å². The Morgan fingerprint density at radius 2 is 2.07 bits per heavy atom. The maximum Gasteiger partial charge on any atom is 0.0496 e. The topological polar surface area (TPSA) is 23.5 Å². The minimum atomic E-state index is 0.0849. The summed E-state index contributed by atoms with van der Waals surface area (Å²) in [4.78, 5) is 2.53. The van der Waals surface area contributed by atoms with E-state index in [1.54, 1.807) is 0 Å². The van der Waals surface area contributed by atoms with Gasteiger partial charge in [0.15, 0.2) is 0 Å². The summed E-state index contributed by atoms with van der Waals surface area (Å²) in [6.45, 7) is 11.5. The lowest BCUT2D eigenvalue weighted by Gasteiger charge is -2.38. The molecule has 0 spiro atoms. The number of likely N-dealkylation sites (tertiary alicyclic amines) is 1. The Hall–Kier alpha value is -0.0800. The van der Waals surface area contributed by atoms with E-state index in [1.807, 2.05) is 0 Å². The third kappa shape index (κ3) is 2.48. The van der Waals surface area contributed by atoms with E-state index in [9.17, 15) is 5.11 Å². The minimum Gasteiger partial charge on any atom is -0.396 e. The highest BCUT2D eigenvalue weighted by molar-refractivity contribution is 4.91. The normalized spacial score (nSPS) is 26.4. The molecule has 1 atom stereocenters. The highest BCUT2D eigenvalue weighted by atomic mass is 16.3. The van der Waals surface area contributed by atoms with E-state index >= 15 is 0 Å². The molecule has 0 aromatic rings. The van der Waals surface area contributed by atoms with Crippen molar-refractivity contribution in [2.24, 2.45) is 5.41 Å². The molecule has 0 saturated carbocycles. The number of nitrogens with zero attached hydrogens (tertiary/aromatic N) is 1. The predicted octanol–water partition coefficient (Wildman–Crippen LogP) is 2.27. The molecule has 1 N–H and O–H groups in total. The SMILES string of the molecule is CCC(C)(CO)CN1CCCC1(C)C. The average molecular weight is 199 g/mol. The van der Waals surface area contributed by atoms with Crippen molar-refractivity contribution in [3.8, 4) is 0 Å². The lowest BCUT2D eigenvalue weighted by molar-refractivity contribution is 0.0559. The second-order valence-electron chi connectivity index (χ2n) is 5.66. The van der Waals surface area contributed by atoms with Crippen LogP contribution in [0.5, 0.6) is 0 Å². The fraction of sp³-hybridized carbons (Fsp3) is 1.00. The predicted molar refractivity (Wildman–Crippen MR) is 60.4 cm³/mol. The molecule has 0 aromatic heterocycles. The van der Waals surface area contributed by atoms with Crippen LogP contribution in [-0.4, -0.2) is 35.2 Å². The summed E-state index contributed by atoms with van der Waals surface area (Å²) in [5.41, 5.74) is 0.424. The summed E-state index contributed by atoms with van der Waals surface area (Å²) in [7, 11) is 0. The number of aliphatic hydroxyl groups is 1. The van der Waals surface area contributed by atoms with Gasteiger partial charge in [0, 0.05) is 24.1 Å². The fourth-order valence-electron chi connectivity index (χ4n) is 2.19. The lowest BCUT2D eigenvalue weighted by atomic mass is 9.87. The monoisotopic (exact) mass is 199 g/mol. The van der Waals surface area contributed by atoms with Gasteiger partial charge in [-0.1, -0.05) is 13.8 Å². The summed E-state index contributed by atoms with van der Waals surface area (Å²) in [6, 6.07) is 0. The van der Waals surface area contributed by atoms with Gasteiger partial charge in [-0.05, 0) is 39.7 Å². The van der Waals surface area contributed by atoms with Gasteiger partial charge >= 0.3 is 0 Å². The molecular formula is C12H25NO. The molecule has 0 bridgehead atoms. The van der Waals surface area contributed by atoms with Gasteiger partial charge in [0.25, 0.3) is 0 Å². The second kappa shape index (κ2) is 4.19. The molecular weight excluding hydrogens is 174 g/mol. The molecule has 1 aliphatic rings. The van der Waals surface area contributed by atoms with Crippen LogP contribution in [-0.2, 0) is 0 Å². The van der Waals surface area contributed by atoms with Crippen molar-refractivity contribution in [1.82, 2.24) is 4.90 Å². The first kappa shape index (κ1) is 12.0. The van der Waals surface area contributed by atoms with Crippen LogP contribution < -0.4 is 0 Å². The van der Waals surface area contributed by atoms with Crippen LogP contribution in [0.1, 0.15) is 47.0 Å². The van der Waals surface area contributed by atoms with Crippen molar-refractivity contribution < 1.29 is 5.11 Å². The maximum atomic E-state index is 9.39. The lowest BCUT2D eigenvalue weighted by Crippen LogP contribution is -2.45. The molecule has 1 heterocycles. The second-order valence-corrected chi connectivity index (χ2v) is 5.66. The summed E-state index contributed by atoms with van der Waals surface area (Å²) in [5, 5.41) is 9.39. The van der Waals surface area contributed by atoms with Crippen molar-refractivity contribution in [2.45, 2.75) is 52.5 Å². The van der Waals surface area contributed by atoms with Gasteiger partial charge in [-0.3, -0.25) is 4.90 Å². The van der Waals surface area contributed by atoms with E-state index in [1.165, 1.54) is 19.4 Å². The van der Waals surface area contributed by atoms with Crippen LogP contribution in [0, 0.1) is 5.41 Å². The van der Waals surface area contributed by atoms with Gasteiger partial charge < -0.3 is 5.11 Å². The van der Waals surface area contributed by atoms with E-state index < -0.39 is 0 Å². The largest absolute Gasteiger partial charge is 0.396 e. The third-order valence-corrected chi connectivity index (χ3v) is 3.88. The van der Waals surface area contributed by atoms with Crippen LogP contribution in [0.3, 0.4) is 0 Å². The van der Waals surface area contributed by atoms with E-state index in [0.717, 1.165) is 13.0 Å². The molecule has 1 rings (SSSR count). The highest BCUT2D eigenvalue weighted by Crippen LogP contribution is 2.32. The van der Waals surface area contributed by atoms with E-state index in [-0.39, 0.29) is 5.41 Å². The molecule has 0 radical (unpaired) electrons. The molecule has 0 aliphatic carbocycles. The van der Waals surface area contributed by atoms with E-state index in [4.69, 9.17) is 0 Å². The van der Waals surface area contributed by atoms with Crippen molar-refractivity contribution >= 4 is 0 Å². The van der Waals surface area contributed by atoms with Crippen molar-refractivity contribution in [2.75, 3.05) is 19.7 Å². The van der Waals surface area contributed by atoms with Crippen molar-refractivity contribution in [3.05, 3.63) is 0 Å². The average Bonchev–Trinajstić information content (AvgIpc) is 2.46. The summed E-state index contributed by atoms with van der Waals surface area (Å²) >= 11 is 0. The first-order valence-corrected chi connectivity index (χ1v) is 5.79. The van der Waals surface area contributed by atoms with Crippen LogP contribution in [0.2, 0.25) is 0 Å². The van der Waals surface area contributed by atoms with Gasteiger partial charge in [0.1, 0.15) is 0 Å². The molecule has 2 nitrogen and oxygen atoms in total. The highest BCUT2D eigenvalue weighted by Gasteiger charge is 2.36. The van der Waals surface area contributed by atoms with E-state index in [2.05, 4.69) is 32.6 Å². The summed E-state index contributed by atoms with van der Waals surface area (Å²) in [6.07, 6.45) is 3.65. The molecule has 0 aromatic carbocycles. The Balaban J connectivity index is 2.59. The van der Waals surface area contributed by atoms with Crippen molar-refractivity contribution in [3.63, 3.8) is 0 Å². The molecule has 84 valence electrons. The van der Waals surface area contributed by atoms with Crippen LogP contribution in [0.4, 0.5) is 0 Å². The molecule has 14 heavy (non-hydrogen) atoms. The molecule has 0 amide bonds. The molecule has 1 saturated heterocycles. The standard InChI is InChI=1S/C12H25NO/c1-5-12(4,10-14)9-13-8-6-7-11(13,2)3/h14H,5-10H2,1-4H3. The smallest absolute Gasteiger partial charge is 0.0496 e. The Morgan fingerprint density at radius 3 is 2.43 bits per heavy atom. The van der Waals surface area contributed by atoms with Gasteiger partial charge in [-0.2, -0.15) is 0 Å². The zero-order valence-electron chi connectivity index (χ0n) is 10.1. The Labute approximate surface area is 88.3 Å². The quantitative estimate of drug-likeness (QED) is 0.751. The number of rotatable bonds is 4. The zero-order valence-corrected chi connectivity index (χ0v) is 10.1. The first-order valence-electron chi connectivity index (χ1n) is 5.79. The first-order chi connectivity index (χ1) is 6.43. The van der Waals surface area contributed by atoms with Crippen LogP contribution in [0.25, 0.3) is 0 Å². The molecule has 2 heteroatoms. The Kier molecular flexibility index (Phi) is 3.59. The fourth-order valence-corrected chi connectivity index (χ4v) is 2.19. The third-order valence-electron chi connectivity index (χ3n) is 3.88. The van der Waals surface area contributed by atoms with Gasteiger partial charge in [0.05, 0.1) is 0 Å². The molecule has 1 unspecified atom stereocenters. The number of hydrogen-bond acceptors (Lipinski definition) is 2. The van der Waals surface area contributed by atoms with E-state index in [0.29, 0.717) is 12.1 Å². The number of aliphatic hydroxyl groups excluding tert-OH is 1. The van der Waals surface area contributed by atoms with Crippen LogP contribution in [0.15, 0.2) is 0 Å². The maximum absolute atomic E-state index is 9.39. The Morgan fingerprint density at radius 1 is 1.43 bits per heavy atom. The van der Waals surface area contributed by atoms with Crippen molar-refractivity contribution in [1.29, 1.82) is 0 Å². The minimum absolute atomic E-state index is 0.0849. The molecule has 1 aliphatic heterocycles. The number of hydrogen-bond donors (Lipinski definition) is 1. The van der Waals surface area contributed by atoms with Gasteiger partial charge in [-0.25, -0.2) is 0 Å². The summed E-state index contributed by atoms with van der Waals surface area (Å²) < 4.78 is 0. The molecule has 1 fully saturated rings. The summed E-state index contributed by atoms with van der Waals surface area (Å²) in [5.74, 6) is 0. The Bertz CT molecular complexity index is 185.